The van der Waals surface area contributed by atoms with Crippen molar-refractivity contribution >= 4 is 17.4 Å². The molecule has 0 saturated carbocycles. The number of carbonyl (C=O) groups is 1. The van der Waals surface area contributed by atoms with Crippen molar-refractivity contribution in [1.82, 2.24) is 0 Å². The molecule has 1 atom stereocenters. The van der Waals surface area contributed by atoms with Gasteiger partial charge in [-0.2, -0.15) is 0 Å². The minimum absolute atomic E-state index is 0.0994. The maximum Gasteiger partial charge on any atom is 0.133 e. The first-order chi connectivity index (χ1) is 10.2. The third kappa shape index (κ3) is 3.22. The Bertz CT molecular complexity index is 671. The molecule has 2 nitrogen and oxygen atoms in total. The highest BCUT2D eigenvalue weighted by Gasteiger charge is 2.20. The number of benzene rings is 2. The Balaban J connectivity index is 2.02. The first kappa shape index (κ1) is 13.6. The molecular weight excluding hydrogens is 260 g/mol. The van der Waals surface area contributed by atoms with E-state index in [2.05, 4.69) is 24.3 Å². The summed E-state index contributed by atoms with van der Waals surface area (Å²) >= 11 is 0. The maximum absolute atomic E-state index is 11.5. The Labute approximate surface area is 125 Å². The van der Waals surface area contributed by atoms with Crippen LogP contribution in [0.15, 0.2) is 54.6 Å². The summed E-state index contributed by atoms with van der Waals surface area (Å²) in [4.78, 5) is 11.5. The second-order valence-corrected chi connectivity index (χ2v) is 5.42. The van der Waals surface area contributed by atoms with Gasteiger partial charge in [-0.15, -0.1) is 0 Å². The molecule has 0 spiro atoms. The molecule has 0 aromatic heterocycles. The van der Waals surface area contributed by atoms with Crippen LogP contribution < -0.4 is 4.74 Å². The Kier molecular flexibility index (Phi) is 3.87. The largest absolute Gasteiger partial charge is 0.489 e. The number of Topliss-reactive ketones (excluding diaryl/α,β-unsaturated/α-hetero) is 1. The van der Waals surface area contributed by atoms with Gasteiger partial charge in [-0.25, -0.2) is 0 Å². The highest BCUT2D eigenvalue weighted by Crippen LogP contribution is 2.33. The first-order valence-electron chi connectivity index (χ1n) is 7.23. The van der Waals surface area contributed by atoms with Crippen LogP contribution in [0, 0.1) is 0 Å². The van der Waals surface area contributed by atoms with Gasteiger partial charge in [0.15, 0.2) is 0 Å². The Hall–Kier alpha value is -2.35. The van der Waals surface area contributed by atoms with E-state index in [1.54, 1.807) is 6.92 Å². The van der Waals surface area contributed by atoms with E-state index < -0.39 is 0 Å². The lowest BCUT2D eigenvalue weighted by Crippen LogP contribution is -2.19. The van der Waals surface area contributed by atoms with Crippen molar-refractivity contribution in [3.05, 3.63) is 65.7 Å². The Morgan fingerprint density at radius 1 is 1.10 bits per heavy atom. The standard InChI is InChI=1S/C19H18O2/c1-14(20)11-18-13-17(15-7-3-2-4-8-15)12-16-9-5-6-10-19(16)21-18/h2-10,12,18H,11,13H2,1H3. The summed E-state index contributed by atoms with van der Waals surface area (Å²) in [6, 6.07) is 18.3. The van der Waals surface area contributed by atoms with Gasteiger partial charge >= 0.3 is 0 Å². The monoisotopic (exact) mass is 278 g/mol. The van der Waals surface area contributed by atoms with Crippen LogP contribution in [0.5, 0.6) is 5.75 Å². The lowest BCUT2D eigenvalue weighted by Gasteiger charge is -2.17. The summed E-state index contributed by atoms with van der Waals surface area (Å²) in [6.45, 7) is 1.62. The molecule has 0 fully saturated rings. The average Bonchev–Trinajstić information content (AvgIpc) is 2.66. The topological polar surface area (TPSA) is 26.3 Å². The van der Waals surface area contributed by atoms with Gasteiger partial charge in [-0.3, -0.25) is 4.79 Å². The van der Waals surface area contributed by atoms with E-state index in [1.165, 1.54) is 11.1 Å². The fourth-order valence-corrected chi connectivity index (χ4v) is 2.71. The van der Waals surface area contributed by atoms with E-state index in [1.807, 2.05) is 36.4 Å². The number of ether oxygens (including phenoxy) is 1. The van der Waals surface area contributed by atoms with E-state index >= 15 is 0 Å². The number of para-hydroxylation sites is 1. The normalized spacial score (nSPS) is 17.2. The molecule has 3 rings (SSSR count). The molecule has 0 radical (unpaired) electrons. The predicted molar refractivity (Wildman–Crippen MR) is 85.1 cm³/mol. The lowest BCUT2D eigenvalue weighted by molar-refractivity contribution is -0.118. The van der Waals surface area contributed by atoms with Gasteiger partial charge in [0.05, 0.1) is 0 Å². The third-order valence-corrected chi connectivity index (χ3v) is 3.65. The van der Waals surface area contributed by atoms with Gasteiger partial charge in [0.25, 0.3) is 0 Å². The second-order valence-electron chi connectivity index (χ2n) is 5.42. The summed E-state index contributed by atoms with van der Waals surface area (Å²) in [7, 11) is 0. The van der Waals surface area contributed by atoms with Crippen LogP contribution in [-0.2, 0) is 4.79 Å². The molecule has 1 aliphatic rings. The average molecular weight is 278 g/mol. The van der Waals surface area contributed by atoms with Gasteiger partial charge in [0.2, 0.25) is 0 Å². The quantitative estimate of drug-likeness (QED) is 0.834. The molecule has 0 bridgehead atoms. The fraction of sp³-hybridized carbons (Fsp3) is 0.211. The third-order valence-electron chi connectivity index (χ3n) is 3.65. The van der Waals surface area contributed by atoms with Gasteiger partial charge < -0.3 is 4.74 Å². The summed E-state index contributed by atoms with van der Waals surface area (Å²) < 4.78 is 6.05. The molecule has 106 valence electrons. The van der Waals surface area contributed by atoms with Gasteiger partial charge in [0, 0.05) is 18.4 Å². The molecule has 1 aliphatic heterocycles. The summed E-state index contributed by atoms with van der Waals surface area (Å²) in [5, 5.41) is 0. The van der Waals surface area contributed by atoms with E-state index in [0.717, 1.165) is 17.7 Å². The SMILES string of the molecule is CC(=O)CC1CC(c2ccccc2)=Cc2ccccc2O1. The van der Waals surface area contributed by atoms with Crippen molar-refractivity contribution in [2.75, 3.05) is 0 Å². The summed E-state index contributed by atoms with van der Waals surface area (Å²) in [6.07, 6.45) is 3.26. The number of carbonyl (C=O) groups excluding carboxylic acids is 1. The predicted octanol–water partition coefficient (Wildman–Crippen LogP) is 4.36. The molecular formula is C19H18O2. The molecule has 0 aliphatic carbocycles. The van der Waals surface area contributed by atoms with Crippen molar-refractivity contribution in [1.29, 1.82) is 0 Å². The lowest BCUT2D eigenvalue weighted by atomic mass is 9.96. The molecule has 0 amide bonds. The van der Waals surface area contributed by atoms with Crippen LogP contribution in [0.25, 0.3) is 11.6 Å². The maximum atomic E-state index is 11.5. The number of hydrogen-bond donors (Lipinski definition) is 0. The molecule has 0 N–H and O–H groups in total. The highest BCUT2D eigenvalue weighted by molar-refractivity contribution is 5.85. The zero-order chi connectivity index (χ0) is 14.7. The van der Waals surface area contributed by atoms with Gasteiger partial charge in [0.1, 0.15) is 17.6 Å². The van der Waals surface area contributed by atoms with Crippen molar-refractivity contribution in [2.24, 2.45) is 0 Å². The van der Waals surface area contributed by atoms with Gasteiger partial charge in [-0.1, -0.05) is 48.5 Å². The highest BCUT2D eigenvalue weighted by atomic mass is 16.5. The molecule has 1 heterocycles. The smallest absolute Gasteiger partial charge is 0.133 e. The minimum atomic E-state index is -0.0994. The molecule has 2 heteroatoms. The van der Waals surface area contributed by atoms with Crippen molar-refractivity contribution in [3.63, 3.8) is 0 Å². The molecule has 0 saturated heterocycles. The molecule has 2 aromatic rings. The van der Waals surface area contributed by atoms with Crippen LogP contribution in [-0.4, -0.2) is 11.9 Å². The van der Waals surface area contributed by atoms with E-state index in [9.17, 15) is 4.79 Å². The first-order valence-corrected chi connectivity index (χ1v) is 7.23. The van der Waals surface area contributed by atoms with Crippen LogP contribution in [0.4, 0.5) is 0 Å². The second kappa shape index (κ2) is 5.96. The zero-order valence-corrected chi connectivity index (χ0v) is 12.1. The van der Waals surface area contributed by atoms with Crippen LogP contribution in [0.2, 0.25) is 0 Å². The Morgan fingerprint density at radius 3 is 2.57 bits per heavy atom. The van der Waals surface area contributed by atoms with Crippen LogP contribution in [0.3, 0.4) is 0 Å². The van der Waals surface area contributed by atoms with Crippen molar-refractivity contribution in [2.45, 2.75) is 25.9 Å². The van der Waals surface area contributed by atoms with Crippen LogP contribution in [0.1, 0.15) is 30.9 Å². The summed E-state index contributed by atoms with van der Waals surface area (Å²) in [5.74, 6) is 1.02. The molecule has 1 unspecified atom stereocenters. The number of rotatable bonds is 3. The number of hydrogen-bond acceptors (Lipinski definition) is 2. The number of fused-ring (bicyclic) bond motifs is 1. The van der Waals surface area contributed by atoms with E-state index in [-0.39, 0.29) is 11.9 Å². The fourth-order valence-electron chi connectivity index (χ4n) is 2.71. The minimum Gasteiger partial charge on any atom is -0.489 e. The van der Waals surface area contributed by atoms with Crippen molar-refractivity contribution in [3.8, 4) is 5.75 Å². The zero-order valence-electron chi connectivity index (χ0n) is 12.1. The van der Waals surface area contributed by atoms with Crippen LogP contribution >= 0.6 is 0 Å². The van der Waals surface area contributed by atoms with E-state index in [0.29, 0.717) is 6.42 Å². The summed E-state index contributed by atoms with van der Waals surface area (Å²) in [5.41, 5.74) is 3.47. The number of ketones is 1. The molecule has 2 aromatic carbocycles. The van der Waals surface area contributed by atoms with Crippen molar-refractivity contribution < 1.29 is 9.53 Å². The Morgan fingerprint density at radius 2 is 1.81 bits per heavy atom. The molecule has 21 heavy (non-hydrogen) atoms. The van der Waals surface area contributed by atoms with E-state index in [4.69, 9.17) is 4.74 Å². The van der Waals surface area contributed by atoms with Gasteiger partial charge in [-0.05, 0) is 30.2 Å².